The monoisotopic (exact) mass is 456 g/mol. The van der Waals surface area contributed by atoms with Gasteiger partial charge in [0.15, 0.2) is 5.78 Å². The third-order valence-corrected chi connectivity index (χ3v) is 8.11. The molecule has 1 fully saturated rings. The van der Waals surface area contributed by atoms with Gasteiger partial charge in [-0.25, -0.2) is 9.97 Å². The molecule has 1 aliphatic rings. The van der Waals surface area contributed by atoms with E-state index in [1.165, 1.54) is 41.5 Å². The van der Waals surface area contributed by atoms with Gasteiger partial charge in [-0.1, -0.05) is 31.0 Å². The Morgan fingerprint density at radius 2 is 1.90 bits per heavy atom. The molecule has 31 heavy (non-hydrogen) atoms. The van der Waals surface area contributed by atoms with Crippen molar-refractivity contribution in [3.8, 4) is 11.5 Å². The number of thioether (sulfide) groups is 1. The number of aryl methyl sites for hydroxylation is 2. The quantitative estimate of drug-likeness (QED) is 0.235. The number of carbonyl (C=O) groups excluding carboxylic acids is 1. The molecule has 0 radical (unpaired) electrons. The van der Waals surface area contributed by atoms with Crippen LogP contribution >= 0.6 is 23.1 Å². The van der Waals surface area contributed by atoms with E-state index in [0.717, 1.165) is 33.9 Å². The molecule has 0 unspecified atom stereocenters. The molecule has 4 rings (SSSR count). The molecule has 1 aromatic carbocycles. The van der Waals surface area contributed by atoms with E-state index in [2.05, 4.69) is 13.8 Å². The zero-order chi connectivity index (χ0) is 22.0. The first-order valence-electron chi connectivity index (χ1n) is 10.7. The van der Waals surface area contributed by atoms with Crippen molar-refractivity contribution in [2.45, 2.75) is 56.9 Å². The summed E-state index contributed by atoms with van der Waals surface area (Å²) in [5, 5.41) is 2.01. The van der Waals surface area contributed by atoms with Crippen molar-refractivity contribution in [1.29, 1.82) is 0 Å². The SMILES string of the molecule is COc1ccc(OC)c(C(=O)CSc2nc(C3CCCCC3)nc3sc(C)c(C)c23)c1. The highest BCUT2D eigenvalue weighted by atomic mass is 32.2. The smallest absolute Gasteiger partial charge is 0.176 e. The Bertz CT molecular complexity index is 1100. The maximum Gasteiger partial charge on any atom is 0.176 e. The van der Waals surface area contributed by atoms with Crippen molar-refractivity contribution in [3.05, 3.63) is 40.0 Å². The predicted octanol–water partition coefficient (Wildman–Crippen LogP) is 6.35. The highest BCUT2D eigenvalue weighted by Crippen LogP contribution is 2.39. The molecular weight excluding hydrogens is 428 g/mol. The van der Waals surface area contributed by atoms with Crippen molar-refractivity contribution in [1.82, 2.24) is 9.97 Å². The number of hydrogen-bond acceptors (Lipinski definition) is 7. The first-order valence-corrected chi connectivity index (χ1v) is 12.5. The molecule has 0 saturated heterocycles. The molecule has 0 aliphatic heterocycles. The van der Waals surface area contributed by atoms with Crippen molar-refractivity contribution in [3.63, 3.8) is 0 Å². The van der Waals surface area contributed by atoms with Crippen LogP contribution in [-0.2, 0) is 0 Å². The van der Waals surface area contributed by atoms with E-state index in [1.54, 1.807) is 43.8 Å². The summed E-state index contributed by atoms with van der Waals surface area (Å²) in [5.41, 5.74) is 1.74. The van der Waals surface area contributed by atoms with Crippen LogP contribution in [0.2, 0.25) is 0 Å². The van der Waals surface area contributed by atoms with Crippen LogP contribution in [0.1, 0.15) is 64.6 Å². The fourth-order valence-corrected chi connectivity index (χ4v) is 6.20. The van der Waals surface area contributed by atoms with Crippen LogP contribution in [-0.4, -0.2) is 35.7 Å². The molecule has 0 N–H and O–H groups in total. The second-order valence-corrected chi connectivity index (χ2v) is 10.1. The van der Waals surface area contributed by atoms with Gasteiger partial charge in [-0.3, -0.25) is 4.79 Å². The highest BCUT2D eigenvalue weighted by Gasteiger charge is 2.23. The van der Waals surface area contributed by atoms with Gasteiger partial charge in [0.1, 0.15) is 27.2 Å². The largest absolute Gasteiger partial charge is 0.497 e. The second kappa shape index (κ2) is 9.57. The molecule has 2 heterocycles. The van der Waals surface area contributed by atoms with Gasteiger partial charge in [-0.2, -0.15) is 0 Å². The number of fused-ring (bicyclic) bond motifs is 1. The number of aromatic nitrogens is 2. The minimum absolute atomic E-state index is 0.00340. The summed E-state index contributed by atoms with van der Waals surface area (Å²) in [4.78, 5) is 25.3. The van der Waals surface area contributed by atoms with Crippen molar-refractivity contribution < 1.29 is 14.3 Å². The summed E-state index contributed by atoms with van der Waals surface area (Å²) in [6.07, 6.45) is 6.09. The fourth-order valence-electron chi connectivity index (χ4n) is 4.12. The molecule has 0 amide bonds. The molecule has 7 heteroatoms. The lowest BCUT2D eigenvalue weighted by atomic mass is 9.89. The Hall–Kier alpha value is -2.12. The minimum atomic E-state index is -0.00340. The van der Waals surface area contributed by atoms with Gasteiger partial charge >= 0.3 is 0 Å². The first-order chi connectivity index (χ1) is 15.0. The molecule has 2 aromatic heterocycles. The first kappa shape index (κ1) is 22.1. The zero-order valence-corrected chi connectivity index (χ0v) is 20.1. The summed E-state index contributed by atoms with van der Waals surface area (Å²) in [6.45, 7) is 4.25. The third-order valence-electron chi connectivity index (χ3n) is 6.03. The van der Waals surface area contributed by atoms with E-state index in [4.69, 9.17) is 19.4 Å². The Balaban J connectivity index is 1.65. The van der Waals surface area contributed by atoms with Gasteiger partial charge in [-0.05, 0) is 50.5 Å². The molecule has 0 spiro atoms. The lowest BCUT2D eigenvalue weighted by molar-refractivity contribution is 0.101. The number of ketones is 1. The van der Waals surface area contributed by atoms with Crippen molar-refractivity contribution >= 4 is 39.1 Å². The molecule has 1 saturated carbocycles. The van der Waals surface area contributed by atoms with Crippen LogP contribution in [0.25, 0.3) is 10.2 Å². The number of hydrogen-bond donors (Lipinski definition) is 0. The van der Waals surface area contributed by atoms with Crippen molar-refractivity contribution in [2.24, 2.45) is 0 Å². The Morgan fingerprint density at radius 1 is 1.13 bits per heavy atom. The molecule has 164 valence electrons. The van der Waals surface area contributed by atoms with Gasteiger partial charge in [0, 0.05) is 16.2 Å². The van der Waals surface area contributed by atoms with Crippen LogP contribution in [0, 0.1) is 13.8 Å². The van der Waals surface area contributed by atoms with E-state index in [-0.39, 0.29) is 11.5 Å². The predicted molar refractivity (Wildman–Crippen MR) is 127 cm³/mol. The van der Waals surface area contributed by atoms with Crippen LogP contribution in [0.3, 0.4) is 0 Å². The number of Topliss-reactive ketones (excluding diaryl/α,β-unsaturated/α-hetero) is 1. The number of rotatable bonds is 7. The van der Waals surface area contributed by atoms with Gasteiger partial charge in [-0.15, -0.1) is 11.3 Å². The summed E-state index contributed by atoms with van der Waals surface area (Å²) in [6, 6.07) is 5.31. The highest BCUT2D eigenvalue weighted by molar-refractivity contribution is 8.00. The van der Waals surface area contributed by atoms with Gasteiger partial charge in [0.05, 0.1) is 25.5 Å². The lowest BCUT2D eigenvalue weighted by Gasteiger charge is -2.20. The number of ether oxygens (including phenoxy) is 2. The topological polar surface area (TPSA) is 61.3 Å². The summed E-state index contributed by atoms with van der Waals surface area (Å²) in [7, 11) is 3.17. The van der Waals surface area contributed by atoms with E-state index in [9.17, 15) is 4.79 Å². The Morgan fingerprint density at radius 3 is 2.61 bits per heavy atom. The molecule has 0 bridgehead atoms. The number of carbonyl (C=O) groups is 1. The maximum absolute atomic E-state index is 13.1. The third kappa shape index (κ3) is 4.58. The van der Waals surface area contributed by atoms with E-state index >= 15 is 0 Å². The fraction of sp³-hybridized carbons (Fsp3) is 0.458. The molecular formula is C24H28N2O3S2. The Labute approximate surface area is 191 Å². The summed E-state index contributed by atoms with van der Waals surface area (Å²) >= 11 is 3.23. The second-order valence-electron chi connectivity index (χ2n) is 7.96. The normalized spacial score (nSPS) is 14.7. The average molecular weight is 457 g/mol. The van der Waals surface area contributed by atoms with E-state index in [0.29, 0.717) is 23.0 Å². The summed E-state index contributed by atoms with van der Waals surface area (Å²) in [5.74, 6) is 2.86. The number of methoxy groups -OCH3 is 2. The van der Waals surface area contributed by atoms with Crippen LogP contribution in [0.5, 0.6) is 11.5 Å². The standard InChI is InChI=1S/C24H28N2O3S2/c1-14-15(2)31-24-21(14)23(25-22(26-24)16-8-6-5-7-9-16)30-13-19(27)18-12-17(28-3)10-11-20(18)29-4/h10-12,16H,5-9,13H2,1-4H3. The zero-order valence-electron chi connectivity index (χ0n) is 18.5. The van der Waals surface area contributed by atoms with E-state index < -0.39 is 0 Å². The lowest BCUT2D eigenvalue weighted by Crippen LogP contribution is -2.10. The average Bonchev–Trinajstić information content (AvgIpc) is 3.10. The van der Waals surface area contributed by atoms with E-state index in [1.807, 2.05) is 0 Å². The Kier molecular flexibility index (Phi) is 6.82. The minimum Gasteiger partial charge on any atom is -0.497 e. The van der Waals surface area contributed by atoms with Gasteiger partial charge < -0.3 is 9.47 Å². The van der Waals surface area contributed by atoms with Gasteiger partial charge in [0.2, 0.25) is 0 Å². The van der Waals surface area contributed by atoms with Crippen LogP contribution < -0.4 is 9.47 Å². The molecule has 5 nitrogen and oxygen atoms in total. The molecule has 3 aromatic rings. The number of thiophene rings is 1. The van der Waals surface area contributed by atoms with Crippen molar-refractivity contribution in [2.75, 3.05) is 20.0 Å². The summed E-state index contributed by atoms with van der Waals surface area (Å²) < 4.78 is 10.7. The van der Waals surface area contributed by atoms with Crippen LogP contribution in [0.15, 0.2) is 23.2 Å². The number of nitrogens with zero attached hydrogens (tertiary/aromatic N) is 2. The van der Waals surface area contributed by atoms with Crippen LogP contribution in [0.4, 0.5) is 0 Å². The maximum atomic E-state index is 13.1. The number of benzene rings is 1. The van der Waals surface area contributed by atoms with Gasteiger partial charge in [0.25, 0.3) is 0 Å². The molecule has 1 aliphatic carbocycles. The molecule has 0 atom stereocenters.